The lowest BCUT2D eigenvalue weighted by Crippen LogP contribution is -2.12. The largest absolute Gasteiger partial charge is 0.496 e. The van der Waals surface area contributed by atoms with Gasteiger partial charge in [-0.25, -0.2) is 0 Å². The lowest BCUT2D eigenvalue weighted by molar-refractivity contribution is 0.102. The number of benzene rings is 3. The molecule has 4 heteroatoms. The molecule has 0 fully saturated rings. The Morgan fingerprint density at radius 2 is 1.73 bits per heavy atom. The van der Waals surface area contributed by atoms with E-state index in [1.54, 1.807) is 13.2 Å². The summed E-state index contributed by atoms with van der Waals surface area (Å²) in [5.74, 6) is 0.542. The molecule has 0 radical (unpaired) electrons. The molecule has 0 aliphatic rings. The zero-order valence-corrected chi connectivity index (χ0v) is 14.6. The predicted molar refractivity (Wildman–Crippen MR) is 104 cm³/mol. The van der Waals surface area contributed by atoms with E-state index in [1.807, 2.05) is 66.7 Å². The van der Waals surface area contributed by atoms with Crippen molar-refractivity contribution in [1.82, 2.24) is 0 Å². The molecule has 0 bridgehead atoms. The zero-order valence-electron chi connectivity index (χ0n) is 14.6. The second-order valence-electron chi connectivity index (χ2n) is 5.91. The van der Waals surface area contributed by atoms with Gasteiger partial charge >= 0.3 is 0 Å². The summed E-state index contributed by atoms with van der Waals surface area (Å²) in [5, 5.41) is 11.9. The molecule has 26 heavy (non-hydrogen) atoms. The van der Waals surface area contributed by atoms with E-state index in [0.717, 1.165) is 22.4 Å². The average Bonchev–Trinajstić information content (AvgIpc) is 2.70. The van der Waals surface area contributed by atoms with Gasteiger partial charge in [0.2, 0.25) is 0 Å². The summed E-state index contributed by atoms with van der Waals surface area (Å²) in [7, 11) is 1.62. The van der Waals surface area contributed by atoms with Gasteiger partial charge in [0.15, 0.2) is 0 Å². The first-order chi connectivity index (χ1) is 12.7. The Bertz CT molecular complexity index is 874. The molecule has 0 spiro atoms. The molecule has 4 nitrogen and oxygen atoms in total. The Labute approximate surface area is 153 Å². The smallest absolute Gasteiger partial charge is 0.255 e. The second-order valence-corrected chi connectivity index (χ2v) is 5.91. The number of carbonyl (C=O) groups excluding carboxylic acids is 1. The summed E-state index contributed by atoms with van der Waals surface area (Å²) in [6.07, 6.45) is 0.604. The van der Waals surface area contributed by atoms with Crippen molar-refractivity contribution in [1.29, 1.82) is 0 Å². The van der Waals surface area contributed by atoms with Crippen LogP contribution in [-0.2, 0) is 6.42 Å². The Hall–Kier alpha value is -3.11. The van der Waals surface area contributed by atoms with E-state index < -0.39 is 0 Å². The summed E-state index contributed by atoms with van der Waals surface area (Å²) in [5.41, 5.74) is 4.17. The first-order valence-electron chi connectivity index (χ1n) is 8.46. The quantitative estimate of drug-likeness (QED) is 0.704. The number of anilines is 1. The van der Waals surface area contributed by atoms with Gasteiger partial charge in [-0.15, -0.1) is 0 Å². The normalized spacial score (nSPS) is 10.4. The van der Waals surface area contributed by atoms with Crippen LogP contribution in [0.1, 0.15) is 15.9 Å². The Kier molecular flexibility index (Phi) is 5.66. The van der Waals surface area contributed by atoms with Crippen LogP contribution in [0.15, 0.2) is 72.8 Å². The third kappa shape index (κ3) is 4.10. The number of amides is 1. The van der Waals surface area contributed by atoms with Gasteiger partial charge in [-0.3, -0.25) is 4.79 Å². The zero-order chi connectivity index (χ0) is 18.4. The first-order valence-corrected chi connectivity index (χ1v) is 8.46. The van der Waals surface area contributed by atoms with Gasteiger partial charge in [-0.2, -0.15) is 0 Å². The monoisotopic (exact) mass is 347 g/mol. The summed E-state index contributed by atoms with van der Waals surface area (Å²) in [4.78, 5) is 12.6. The van der Waals surface area contributed by atoms with Crippen molar-refractivity contribution >= 4 is 11.6 Å². The van der Waals surface area contributed by atoms with Crippen LogP contribution in [0.25, 0.3) is 11.1 Å². The van der Waals surface area contributed by atoms with Crippen LogP contribution < -0.4 is 10.1 Å². The standard InChI is InChI=1S/C22H21NO3/c1-26-21-12-9-18(15-20(21)17-5-3-2-4-6-17)22(25)23-19-10-7-16(8-11-19)13-14-24/h2-12,15,24H,13-14H2,1H3,(H,23,25). The fourth-order valence-corrected chi connectivity index (χ4v) is 2.78. The lowest BCUT2D eigenvalue weighted by atomic mass is 10.0. The maximum Gasteiger partial charge on any atom is 0.255 e. The minimum Gasteiger partial charge on any atom is -0.496 e. The minimum absolute atomic E-state index is 0.111. The molecule has 3 aromatic carbocycles. The molecule has 3 aromatic rings. The summed E-state index contributed by atoms with van der Waals surface area (Å²) in [6, 6.07) is 22.7. The highest BCUT2D eigenvalue weighted by Gasteiger charge is 2.12. The molecule has 0 atom stereocenters. The topological polar surface area (TPSA) is 58.6 Å². The van der Waals surface area contributed by atoms with Crippen molar-refractivity contribution in [3.05, 3.63) is 83.9 Å². The van der Waals surface area contributed by atoms with E-state index in [-0.39, 0.29) is 12.5 Å². The van der Waals surface area contributed by atoms with Gasteiger partial charge in [0.1, 0.15) is 5.75 Å². The molecule has 0 heterocycles. The fourth-order valence-electron chi connectivity index (χ4n) is 2.78. The Balaban J connectivity index is 1.83. The number of carbonyl (C=O) groups is 1. The molecule has 0 aromatic heterocycles. The van der Waals surface area contributed by atoms with Crippen LogP contribution >= 0.6 is 0 Å². The Morgan fingerprint density at radius 3 is 2.38 bits per heavy atom. The number of hydrogen-bond donors (Lipinski definition) is 2. The molecule has 132 valence electrons. The molecule has 0 unspecified atom stereocenters. The average molecular weight is 347 g/mol. The number of aliphatic hydroxyl groups excluding tert-OH is 1. The molecule has 2 N–H and O–H groups in total. The fraction of sp³-hybridized carbons (Fsp3) is 0.136. The van der Waals surface area contributed by atoms with E-state index in [4.69, 9.17) is 9.84 Å². The summed E-state index contributed by atoms with van der Waals surface area (Å²) >= 11 is 0. The van der Waals surface area contributed by atoms with Crippen LogP contribution in [0.5, 0.6) is 5.75 Å². The molecule has 0 saturated carbocycles. The van der Waals surface area contributed by atoms with Crippen LogP contribution in [0.4, 0.5) is 5.69 Å². The molecular formula is C22H21NO3. The van der Waals surface area contributed by atoms with Crippen LogP contribution in [-0.4, -0.2) is 24.7 Å². The molecule has 0 aliphatic heterocycles. The maximum atomic E-state index is 12.6. The van der Waals surface area contributed by atoms with E-state index >= 15 is 0 Å². The van der Waals surface area contributed by atoms with Gasteiger partial charge < -0.3 is 15.2 Å². The van der Waals surface area contributed by atoms with Gasteiger partial charge in [0.25, 0.3) is 5.91 Å². The molecule has 0 saturated heterocycles. The van der Waals surface area contributed by atoms with Crippen molar-refractivity contribution in [2.45, 2.75) is 6.42 Å². The number of rotatable bonds is 6. The van der Waals surface area contributed by atoms with Gasteiger partial charge in [0, 0.05) is 23.4 Å². The second kappa shape index (κ2) is 8.32. The van der Waals surface area contributed by atoms with Crippen LogP contribution in [0.2, 0.25) is 0 Å². The summed E-state index contributed by atoms with van der Waals surface area (Å²) in [6.45, 7) is 0.111. The van der Waals surface area contributed by atoms with Crippen LogP contribution in [0.3, 0.4) is 0 Å². The van der Waals surface area contributed by atoms with E-state index in [2.05, 4.69) is 5.32 Å². The highest BCUT2D eigenvalue weighted by molar-refractivity contribution is 6.05. The predicted octanol–water partition coefficient (Wildman–Crippen LogP) is 4.15. The van der Waals surface area contributed by atoms with Crippen molar-refractivity contribution < 1.29 is 14.6 Å². The SMILES string of the molecule is COc1ccc(C(=O)Nc2ccc(CCO)cc2)cc1-c1ccccc1. The third-order valence-electron chi connectivity index (χ3n) is 4.16. The van der Waals surface area contributed by atoms with E-state index in [9.17, 15) is 4.79 Å². The number of hydrogen-bond acceptors (Lipinski definition) is 3. The minimum atomic E-state index is -0.181. The number of methoxy groups -OCH3 is 1. The third-order valence-corrected chi connectivity index (χ3v) is 4.16. The highest BCUT2D eigenvalue weighted by Crippen LogP contribution is 2.31. The van der Waals surface area contributed by atoms with E-state index in [0.29, 0.717) is 17.7 Å². The number of ether oxygens (including phenoxy) is 1. The van der Waals surface area contributed by atoms with Crippen molar-refractivity contribution in [2.75, 3.05) is 19.0 Å². The van der Waals surface area contributed by atoms with Gasteiger partial charge in [0.05, 0.1) is 7.11 Å². The summed E-state index contributed by atoms with van der Waals surface area (Å²) < 4.78 is 5.44. The number of aliphatic hydroxyl groups is 1. The Morgan fingerprint density at radius 1 is 1.00 bits per heavy atom. The van der Waals surface area contributed by atoms with Crippen LogP contribution in [0, 0.1) is 0 Å². The highest BCUT2D eigenvalue weighted by atomic mass is 16.5. The van der Waals surface area contributed by atoms with Crippen molar-refractivity contribution in [3.8, 4) is 16.9 Å². The van der Waals surface area contributed by atoms with Crippen molar-refractivity contribution in [3.63, 3.8) is 0 Å². The first kappa shape index (κ1) is 17.7. The van der Waals surface area contributed by atoms with Crippen molar-refractivity contribution in [2.24, 2.45) is 0 Å². The molecular weight excluding hydrogens is 326 g/mol. The van der Waals surface area contributed by atoms with Gasteiger partial charge in [-0.1, -0.05) is 42.5 Å². The van der Waals surface area contributed by atoms with E-state index in [1.165, 1.54) is 0 Å². The molecule has 3 rings (SSSR count). The maximum absolute atomic E-state index is 12.6. The molecule has 1 amide bonds. The lowest BCUT2D eigenvalue weighted by Gasteiger charge is -2.12. The number of nitrogens with one attached hydrogen (secondary N) is 1. The van der Waals surface area contributed by atoms with Gasteiger partial charge in [-0.05, 0) is 47.9 Å². The molecule has 0 aliphatic carbocycles.